The number of amides is 4. The highest BCUT2D eigenvalue weighted by molar-refractivity contribution is 5.91. The minimum absolute atomic E-state index is 0.0780. The largest absolute Gasteiger partial charge is 0.488 e. The van der Waals surface area contributed by atoms with Crippen LogP contribution in [-0.4, -0.2) is 115 Å². The topological polar surface area (TPSA) is 124 Å². The van der Waals surface area contributed by atoms with Gasteiger partial charge in [-0.25, -0.2) is 4.79 Å². The molecule has 3 atom stereocenters. The monoisotopic (exact) mass is 587 g/mol. The summed E-state index contributed by atoms with van der Waals surface area (Å²) in [5.74, 6) is 0.238. The van der Waals surface area contributed by atoms with Crippen LogP contribution in [0.5, 0.6) is 5.75 Å². The van der Waals surface area contributed by atoms with Crippen molar-refractivity contribution in [2.24, 2.45) is 5.92 Å². The van der Waals surface area contributed by atoms with Crippen molar-refractivity contribution in [1.82, 2.24) is 20.0 Å². The third kappa shape index (κ3) is 9.05. The number of fused-ring (bicyclic) bond motifs is 1. The summed E-state index contributed by atoms with van der Waals surface area (Å²) in [6, 6.07) is 5.11. The van der Waals surface area contributed by atoms with Crippen LogP contribution in [0.4, 0.5) is 10.5 Å². The van der Waals surface area contributed by atoms with Crippen LogP contribution in [-0.2, 0) is 20.7 Å². The zero-order chi connectivity index (χ0) is 30.1. The van der Waals surface area contributed by atoms with Gasteiger partial charge in [-0.3, -0.25) is 14.5 Å². The smallest absolute Gasteiger partial charge is 0.317 e. The average molecular weight is 588 g/mol. The Hall–Kier alpha value is -2.89. The van der Waals surface area contributed by atoms with Crippen LogP contribution in [0.3, 0.4) is 0 Å². The SMILES string of the molecule is C[C@H](CO)N1C[C@H](C)[C@@H](CN(C)C(=O)NC2CCCCC2)Oc2ccc(NC(=O)CCN3CCOCC3)cc2CC1=O. The maximum atomic E-state index is 13.5. The maximum absolute atomic E-state index is 13.5. The molecule has 11 nitrogen and oxygen atoms in total. The lowest BCUT2D eigenvalue weighted by Gasteiger charge is -2.34. The lowest BCUT2D eigenvalue weighted by atomic mass is 9.96. The van der Waals surface area contributed by atoms with E-state index in [-0.39, 0.29) is 55.0 Å². The fraction of sp³-hybridized carbons (Fsp3) is 0.710. The van der Waals surface area contributed by atoms with Crippen LogP contribution in [0.2, 0.25) is 0 Å². The number of benzene rings is 1. The summed E-state index contributed by atoms with van der Waals surface area (Å²) in [5.41, 5.74) is 1.27. The van der Waals surface area contributed by atoms with E-state index in [1.807, 2.05) is 13.8 Å². The van der Waals surface area contributed by atoms with Crippen molar-refractivity contribution in [1.29, 1.82) is 0 Å². The van der Waals surface area contributed by atoms with Gasteiger partial charge in [-0.1, -0.05) is 26.2 Å². The first-order valence-electron chi connectivity index (χ1n) is 15.5. The highest BCUT2D eigenvalue weighted by atomic mass is 16.5. The Kier molecular flexibility index (Phi) is 11.9. The zero-order valence-electron chi connectivity index (χ0n) is 25.5. The van der Waals surface area contributed by atoms with E-state index in [1.54, 1.807) is 35.0 Å². The molecule has 1 aliphatic carbocycles. The van der Waals surface area contributed by atoms with E-state index < -0.39 is 0 Å². The van der Waals surface area contributed by atoms with Gasteiger partial charge in [0.2, 0.25) is 11.8 Å². The van der Waals surface area contributed by atoms with Crippen molar-refractivity contribution in [2.45, 2.75) is 77.0 Å². The number of aliphatic hydroxyl groups excluding tert-OH is 1. The van der Waals surface area contributed by atoms with Gasteiger partial charge in [-0.15, -0.1) is 0 Å². The van der Waals surface area contributed by atoms with Crippen LogP contribution >= 0.6 is 0 Å². The number of urea groups is 1. The molecule has 0 aromatic heterocycles. The highest BCUT2D eigenvalue weighted by Gasteiger charge is 2.32. The number of hydrogen-bond donors (Lipinski definition) is 3. The van der Waals surface area contributed by atoms with Gasteiger partial charge in [0.05, 0.1) is 38.8 Å². The van der Waals surface area contributed by atoms with Crippen molar-refractivity contribution in [3.63, 3.8) is 0 Å². The predicted octanol–water partition coefficient (Wildman–Crippen LogP) is 2.47. The summed E-state index contributed by atoms with van der Waals surface area (Å²) in [6.45, 7) is 8.11. The van der Waals surface area contributed by atoms with Gasteiger partial charge in [0.1, 0.15) is 11.9 Å². The van der Waals surface area contributed by atoms with Gasteiger partial charge in [0.25, 0.3) is 0 Å². The number of rotatable bonds is 9. The number of morpholine rings is 1. The number of carbonyl (C=O) groups is 3. The molecular weight excluding hydrogens is 538 g/mol. The molecule has 42 heavy (non-hydrogen) atoms. The second-order valence-electron chi connectivity index (χ2n) is 12.1. The lowest BCUT2D eigenvalue weighted by molar-refractivity contribution is -0.134. The molecule has 0 spiro atoms. The van der Waals surface area contributed by atoms with Crippen molar-refractivity contribution < 1.29 is 29.0 Å². The van der Waals surface area contributed by atoms with Crippen LogP contribution in [0.25, 0.3) is 0 Å². The molecule has 0 radical (unpaired) electrons. The Bertz CT molecular complexity index is 1060. The second-order valence-corrected chi connectivity index (χ2v) is 12.1. The van der Waals surface area contributed by atoms with Gasteiger partial charge in [-0.2, -0.15) is 0 Å². The van der Waals surface area contributed by atoms with E-state index >= 15 is 0 Å². The minimum Gasteiger partial charge on any atom is -0.488 e. The molecule has 3 N–H and O–H groups in total. The first kappa shape index (κ1) is 32.0. The molecule has 11 heteroatoms. The molecule has 1 aromatic carbocycles. The van der Waals surface area contributed by atoms with Gasteiger partial charge in [0.15, 0.2) is 0 Å². The molecule has 2 fully saturated rings. The minimum atomic E-state index is -0.390. The number of nitrogens with one attached hydrogen (secondary N) is 2. The Labute approximate surface area is 249 Å². The summed E-state index contributed by atoms with van der Waals surface area (Å²) in [7, 11) is 1.77. The molecule has 3 aliphatic rings. The van der Waals surface area contributed by atoms with Crippen molar-refractivity contribution in [3.05, 3.63) is 23.8 Å². The number of nitrogens with zero attached hydrogens (tertiary/aromatic N) is 3. The van der Waals surface area contributed by atoms with E-state index in [2.05, 4.69) is 15.5 Å². The van der Waals surface area contributed by atoms with Crippen LogP contribution in [0, 0.1) is 5.92 Å². The number of aliphatic hydroxyl groups is 1. The van der Waals surface area contributed by atoms with E-state index in [1.165, 1.54) is 6.42 Å². The molecule has 0 unspecified atom stereocenters. The molecule has 4 rings (SSSR count). The summed E-state index contributed by atoms with van der Waals surface area (Å²) < 4.78 is 11.9. The fourth-order valence-electron chi connectivity index (χ4n) is 5.92. The second kappa shape index (κ2) is 15.5. The fourth-order valence-corrected chi connectivity index (χ4v) is 5.92. The lowest BCUT2D eigenvalue weighted by Crippen LogP contribution is -2.50. The molecule has 2 aliphatic heterocycles. The van der Waals surface area contributed by atoms with Gasteiger partial charge in [-0.05, 0) is 38.0 Å². The predicted molar refractivity (Wildman–Crippen MR) is 161 cm³/mol. The number of hydrogen-bond acceptors (Lipinski definition) is 7. The third-order valence-corrected chi connectivity index (χ3v) is 8.69. The van der Waals surface area contributed by atoms with Crippen molar-refractivity contribution in [2.75, 3.05) is 64.9 Å². The molecule has 4 amide bonds. The average Bonchev–Trinajstić information content (AvgIpc) is 3.04. The first-order valence-corrected chi connectivity index (χ1v) is 15.5. The van der Waals surface area contributed by atoms with E-state index in [0.717, 1.165) is 38.8 Å². The molecule has 1 saturated carbocycles. The molecule has 0 bridgehead atoms. The summed E-state index contributed by atoms with van der Waals surface area (Å²) in [4.78, 5) is 44.8. The van der Waals surface area contributed by atoms with Gasteiger partial charge in [0, 0.05) is 62.9 Å². The quantitative estimate of drug-likeness (QED) is 0.406. The van der Waals surface area contributed by atoms with Gasteiger partial charge < -0.3 is 35.0 Å². The number of ether oxygens (including phenoxy) is 2. The van der Waals surface area contributed by atoms with Gasteiger partial charge >= 0.3 is 6.03 Å². The normalized spacial score (nSPS) is 23.0. The molecule has 234 valence electrons. The maximum Gasteiger partial charge on any atom is 0.317 e. The van der Waals surface area contributed by atoms with Crippen LogP contribution < -0.4 is 15.4 Å². The third-order valence-electron chi connectivity index (χ3n) is 8.69. The van der Waals surface area contributed by atoms with Crippen LogP contribution in [0.15, 0.2) is 18.2 Å². The Morgan fingerprint density at radius 3 is 2.62 bits per heavy atom. The van der Waals surface area contributed by atoms with Crippen molar-refractivity contribution in [3.8, 4) is 5.75 Å². The first-order chi connectivity index (χ1) is 20.2. The van der Waals surface area contributed by atoms with E-state index in [4.69, 9.17) is 9.47 Å². The van der Waals surface area contributed by atoms with Crippen molar-refractivity contribution >= 4 is 23.5 Å². The Balaban J connectivity index is 1.48. The standard InChI is InChI=1S/C31H49N5O6/c1-22-19-36(23(2)21-37)30(39)18-24-17-26(32-29(38)11-12-35-13-15-41-16-14-35)9-10-27(24)42-28(22)20-34(3)31(40)33-25-7-5-4-6-8-25/h9-10,17,22-23,25,28,37H,4-8,11-16,18-21H2,1-3H3,(H,32,38)(H,33,40)/t22-,23+,28+/m0/s1. The van der Waals surface area contributed by atoms with Crippen LogP contribution in [0.1, 0.15) is 57.9 Å². The Morgan fingerprint density at radius 1 is 1.17 bits per heavy atom. The number of anilines is 1. The molecular formula is C31H49N5O6. The van der Waals surface area contributed by atoms with E-state index in [9.17, 15) is 19.5 Å². The molecule has 1 aromatic rings. The highest BCUT2D eigenvalue weighted by Crippen LogP contribution is 2.29. The summed E-state index contributed by atoms with van der Waals surface area (Å²) >= 11 is 0. The number of likely N-dealkylation sites (N-methyl/N-ethyl adjacent to an activating group) is 1. The summed E-state index contributed by atoms with van der Waals surface area (Å²) in [6.07, 6.45) is 5.55. The number of carbonyl (C=O) groups excluding carboxylic acids is 3. The molecule has 2 heterocycles. The summed E-state index contributed by atoms with van der Waals surface area (Å²) in [5, 5.41) is 16.0. The molecule has 1 saturated heterocycles. The Morgan fingerprint density at radius 2 is 1.90 bits per heavy atom. The van der Waals surface area contributed by atoms with E-state index in [0.29, 0.717) is 56.3 Å². The zero-order valence-corrected chi connectivity index (χ0v) is 25.5.